The molecule has 0 aromatic rings. The summed E-state index contributed by atoms with van der Waals surface area (Å²) in [5, 5.41) is 14.1. The number of quaternary nitrogens is 1. The van der Waals surface area contributed by atoms with Crippen molar-refractivity contribution in [1.82, 2.24) is 5.32 Å². The van der Waals surface area contributed by atoms with Gasteiger partial charge in [-0.2, -0.15) is 0 Å². The number of nitrogens with one attached hydrogen (secondary N) is 1. The molecule has 0 fully saturated rings. The Morgan fingerprint density at radius 2 is 0.590 bits per heavy atom. The van der Waals surface area contributed by atoms with E-state index >= 15 is 0 Å². The van der Waals surface area contributed by atoms with E-state index in [2.05, 4.69) is 19.2 Å². The fourth-order valence-corrected chi connectivity index (χ4v) is 12.9. The highest BCUT2D eigenvalue weighted by molar-refractivity contribution is 7.45. The van der Waals surface area contributed by atoms with Gasteiger partial charge in [0.2, 0.25) is 5.91 Å². The molecule has 0 radical (unpaired) electrons. The zero-order chi connectivity index (χ0) is 60.5. The van der Waals surface area contributed by atoms with Crippen LogP contribution in [0, 0.1) is 0 Å². The molecule has 0 saturated carbocycles. The van der Waals surface area contributed by atoms with Gasteiger partial charge in [-0.15, -0.1) is 0 Å². The molecule has 0 aliphatic carbocycles. The molecule has 3 atom stereocenters. The Bertz CT molecular complexity index is 1310. The summed E-state index contributed by atoms with van der Waals surface area (Å²) >= 11 is 0. The SMILES string of the molecule is CCCCCCCCCCCCCCCCCCCCCCCCCCCCCCCCCCCCCCCCCCC(=O)NC(COP(=O)([O-])OCC[N+](C)(C)C)C(O)CCCCCCCCCCCCCCCCCCCCCCC. The Hall–Kier alpha value is -0.500. The first-order chi connectivity index (χ1) is 40.5. The van der Waals surface area contributed by atoms with Crippen molar-refractivity contribution in [3.8, 4) is 0 Å². The number of unbranched alkanes of at least 4 members (excludes halogenated alkanes) is 59. The van der Waals surface area contributed by atoms with Crippen molar-refractivity contribution in [3.05, 3.63) is 0 Å². The number of aliphatic hydroxyl groups excluding tert-OH is 1. The fourth-order valence-electron chi connectivity index (χ4n) is 12.2. The average Bonchev–Trinajstić information content (AvgIpc) is 3.49. The van der Waals surface area contributed by atoms with E-state index in [0.717, 1.165) is 38.5 Å². The van der Waals surface area contributed by atoms with Gasteiger partial charge in [-0.25, -0.2) is 0 Å². The molecule has 2 N–H and O–H groups in total. The predicted octanol–water partition coefficient (Wildman–Crippen LogP) is 23.7. The molecule has 1 amide bonds. The van der Waals surface area contributed by atoms with Gasteiger partial charge in [0.15, 0.2) is 0 Å². The summed E-state index contributed by atoms with van der Waals surface area (Å²) in [5.41, 5.74) is 0. The van der Waals surface area contributed by atoms with Crippen LogP contribution in [0.2, 0.25) is 0 Å². The van der Waals surface area contributed by atoms with Crippen LogP contribution in [-0.2, 0) is 18.4 Å². The predicted molar refractivity (Wildman–Crippen MR) is 363 cm³/mol. The number of nitrogens with zero attached hydrogens (tertiary/aromatic N) is 1. The lowest BCUT2D eigenvalue weighted by atomic mass is 10.0. The Kier molecular flexibility index (Phi) is 65.5. The maximum Gasteiger partial charge on any atom is 0.268 e. The average molecular weight is 1200 g/mol. The molecule has 0 saturated heterocycles. The lowest BCUT2D eigenvalue weighted by molar-refractivity contribution is -0.870. The van der Waals surface area contributed by atoms with Crippen molar-refractivity contribution in [2.75, 3.05) is 40.9 Å². The number of hydrogen-bond acceptors (Lipinski definition) is 6. The quantitative estimate of drug-likeness (QED) is 0.0357. The van der Waals surface area contributed by atoms with Gasteiger partial charge in [0.1, 0.15) is 13.2 Å². The van der Waals surface area contributed by atoms with Gasteiger partial charge in [-0.1, -0.05) is 399 Å². The third-order valence-corrected chi connectivity index (χ3v) is 19.1. The van der Waals surface area contributed by atoms with Crippen LogP contribution in [0.3, 0.4) is 0 Å². The van der Waals surface area contributed by atoms with Crippen LogP contribution in [0.25, 0.3) is 0 Å². The number of rotatable bonds is 72. The first-order valence-electron chi connectivity index (χ1n) is 37.9. The second kappa shape index (κ2) is 65.9. The maximum absolute atomic E-state index is 13.1. The Balaban J connectivity index is 3.84. The van der Waals surface area contributed by atoms with Crippen molar-refractivity contribution in [1.29, 1.82) is 0 Å². The van der Waals surface area contributed by atoms with Gasteiger partial charge in [0.25, 0.3) is 7.82 Å². The van der Waals surface area contributed by atoms with Gasteiger partial charge in [0, 0.05) is 6.42 Å². The Morgan fingerprint density at radius 3 is 0.819 bits per heavy atom. The number of carbonyl (C=O) groups excluding carboxylic acids is 1. The standard InChI is InChI=1S/C74H151N2O6P/c1-6-8-10-12-14-16-18-20-22-24-26-28-29-30-31-32-33-34-35-36-37-38-39-40-41-42-43-44-45-46-48-50-52-54-56-58-60-62-64-66-68-74(78)75-72(71-82-83(79,80)81-70-69-76(3,4)5)73(77)67-65-63-61-59-57-55-53-51-49-47-27-25-23-21-19-17-15-13-11-9-7-2/h72-73,77H,6-71H2,1-5H3,(H-,75,78,79,80). The number of aliphatic hydroxyl groups is 1. The second-order valence-corrected chi connectivity index (χ2v) is 29.1. The van der Waals surface area contributed by atoms with Crippen LogP contribution in [0.1, 0.15) is 418 Å². The number of carbonyl (C=O) groups is 1. The van der Waals surface area contributed by atoms with Crippen molar-refractivity contribution >= 4 is 13.7 Å². The Morgan fingerprint density at radius 1 is 0.373 bits per heavy atom. The molecule has 0 aliphatic rings. The fraction of sp³-hybridized carbons (Fsp3) is 0.986. The summed E-state index contributed by atoms with van der Waals surface area (Å²) in [6, 6.07) is -0.797. The minimum Gasteiger partial charge on any atom is -0.756 e. The largest absolute Gasteiger partial charge is 0.756 e. The molecule has 0 aromatic heterocycles. The summed E-state index contributed by atoms with van der Waals surface area (Å²) in [4.78, 5) is 25.7. The molecule has 0 heterocycles. The van der Waals surface area contributed by atoms with Crippen molar-refractivity contribution < 1.29 is 32.9 Å². The molecule has 0 aliphatic heterocycles. The summed E-state index contributed by atoms with van der Waals surface area (Å²) in [6.07, 6.45) is 83.6. The van der Waals surface area contributed by atoms with Gasteiger partial charge in [0.05, 0.1) is 39.9 Å². The van der Waals surface area contributed by atoms with Crippen LogP contribution in [0.15, 0.2) is 0 Å². The van der Waals surface area contributed by atoms with E-state index in [9.17, 15) is 19.4 Å². The van der Waals surface area contributed by atoms with Crippen molar-refractivity contribution in [2.24, 2.45) is 0 Å². The first kappa shape index (κ1) is 82.5. The molecule has 0 bridgehead atoms. The molecular formula is C74H151N2O6P. The van der Waals surface area contributed by atoms with E-state index in [1.54, 1.807) is 0 Å². The number of phosphoric acid groups is 1. The van der Waals surface area contributed by atoms with E-state index in [0.29, 0.717) is 23.9 Å². The van der Waals surface area contributed by atoms with Crippen LogP contribution >= 0.6 is 7.82 Å². The second-order valence-electron chi connectivity index (χ2n) is 27.7. The number of phosphoric ester groups is 1. The molecule has 498 valence electrons. The van der Waals surface area contributed by atoms with E-state index < -0.39 is 20.0 Å². The molecule has 83 heavy (non-hydrogen) atoms. The third-order valence-electron chi connectivity index (χ3n) is 18.1. The molecular weight excluding hydrogens is 1040 g/mol. The highest BCUT2D eigenvalue weighted by Gasteiger charge is 2.24. The molecule has 0 spiro atoms. The topological polar surface area (TPSA) is 108 Å². The van der Waals surface area contributed by atoms with Gasteiger partial charge >= 0.3 is 0 Å². The summed E-state index contributed by atoms with van der Waals surface area (Å²) in [7, 11) is 1.33. The van der Waals surface area contributed by atoms with Crippen LogP contribution in [0.4, 0.5) is 0 Å². The highest BCUT2D eigenvalue weighted by atomic mass is 31.2. The number of hydrogen-bond donors (Lipinski definition) is 2. The number of amides is 1. The van der Waals surface area contributed by atoms with E-state index in [1.807, 2.05) is 21.1 Å². The minimum atomic E-state index is -4.58. The monoisotopic (exact) mass is 1200 g/mol. The van der Waals surface area contributed by atoms with E-state index in [4.69, 9.17) is 9.05 Å². The van der Waals surface area contributed by atoms with E-state index in [1.165, 1.54) is 353 Å². The summed E-state index contributed by atoms with van der Waals surface area (Å²) in [6.45, 7) is 4.80. The molecule has 8 nitrogen and oxygen atoms in total. The minimum absolute atomic E-state index is 0.0170. The van der Waals surface area contributed by atoms with Crippen LogP contribution < -0.4 is 10.2 Å². The molecule has 9 heteroatoms. The zero-order valence-electron chi connectivity index (χ0n) is 57.2. The van der Waals surface area contributed by atoms with Gasteiger partial charge in [-0.3, -0.25) is 9.36 Å². The first-order valence-corrected chi connectivity index (χ1v) is 39.3. The summed E-state index contributed by atoms with van der Waals surface area (Å²) < 4.78 is 23.5. The molecule has 3 unspecified atom stereocenters. The van der Waals surface area contributed by atoms with E-state index in [-0.39, 0.29) is 19.1 Å². The Labute approximate surface area is 520 Å². The van der Waals surface area contributed by atoms with Crippen molar-refractivity contribution in [3.63, 3.8) is 0 Å². The molecule has 0 aromatic carbocycles. The smallest absolute Gasteiger partial charge is 0.268 e. The zero-order valence-corrected chi connectivity index (χ0v) is 58.1. The van der Waals surface area contributed by atoms with Gasteiger partial charge in [-0.05, 0) is 12.8 Å². The lowest BCUT2D eigenvalue weighted by Gasteiger charge is -2.30. The van der Waals surface area contributed by atoms with Crippen LogP contribution in [0.5, 0.6) is 0 Å². The van der Waals surface area contributed by atoms with Gasteiger partial charge < -0.3 is 28.8 Å². The number of likely N-dealkylation sites (N-methyl/N-ethyl adjacent to an activating group) is 1. The lowest BCUT2D eigenvalue weighted by Crippen LogP contribution is -2.46. The molecule has 0 rings (SSSR count). The normalized spacial score (nSPS) is 13.5. The third kappa shape index (κ3) is 68.8. The summed E-state index contributed by atoms with van der Waals surface area (Å²) in [5.74, 6) is -0.153. The van der Waals surface area contributed by atoms with Crippen LogP contribution in [-0.4, -0.2) is 68.5 Å². The highest BCUT2D eigenvalue weighted by Crippen LogP contribution is 2.38. The van der Waals surface area contributed by atoms with Crippen molar-refractivity contribution in [2.45, 2.75) is 431 Å². The maximum atomic E-state index is 13.1.